The average molecular weight is 332 g/mol. The standard InChI is InChI=1S/C20H33N3O/c1-20(2,24)9-8-17-4-6-18(7-5-17)14-22-11-13-23-12-10-21(3)15-19(23)16-22/h4-7,19,24H,8-16H2,1-3H3. The van der Waals surface area contributed by atoms with Crippen LogP contribution in [-0.2, 0) is 13.0 Å². The lowest BCUT2D eigenvalue weighted by molar-refractivity contribution is 0.0175. The van der Waals surface area contributed by atoms with Gasteiger partial charge >= 0.3 is 0 Å². The van der Waals surface area contributed by atoms with Gasteiger partial charge in [0.2, 0.25) is 0 Å². The molecule has 0 radical (unpaired) electrons. The van der Waals surface area contributed by atoms with Gasteiger partial charge in [-0.05, 0) is 44.9 Å². The molecule has 0 aliphatic carbocycles. The molecule has 4 nitrogen and oxygen atoms in total. The third kappa shape index (κ3) is 5.03. The Morgan fingerprint density at radius 2 is 1.67 bits per heavy atom. The fourth-order valence-corrected chi connectivity index (χ4v) is 3.84. The molecule has 0 spiro atoms. The molecule has 0 bridgehead atoms. The minimum Gasteiger partial charge on any atom is -0.390 e. The molecule has 2 aliphatic rings. The van der Waals surface area contributed by atoms with Crippen LogP contribution in [0.25, 0.3) is 0 Å². The Kier molecular flexibility index (Phi) is 5.60. The Morgan fingerprint density at radius 1 is 1.00 bits per heavy atom. The van der Waals surface area contributed by atoms with Crippen molar-refractivity contribution in [3.63, 3.8) is 0 Å². The van der Waals surface area contributed by atoms with E-state index in [1.165, 1.54) is 50.4 Å². The fourth-order valence-electron chi connectivity index (χ4n) is 3.84. The number of aliphatic hydroxyl groups is 1. The molecule has 1 aromatic carbocycles. The summed E-state index contributed by atoms with van der Waals surface area (Å²) in [4.78, 5) is 7.73. The van der Waals surface area contributed by atoms with E-state index in [0.717, 1.165) is 19.4 Å². The van der Waals surface area contributed by atoms with Crippen LogP contribution in [0.15, 0.2) is 24.3 Å². The number of fused-ring (bicyclic) bond motifs is 1. The predicted octanol–water partition coefficient (Wildman–Crippen LogP) is 1.82. The lowest BCUT2D eigenvalue weighted by Gasteiger charge is -2.46. The smallest absolute Gasteiger partial charge is 0.0594 e. The highest BCUT2D eigenvalue weighted by Crippen LogP contribution is 2.18. The first-order chi connectivity index (χ1) is 11.4. The van der Waals surface area contributed by atoms with E-state index in [2.05, 4.69) is 46.0 Å². The second kappa shape index (κ2) is 7.52. The van der Waals surface area contributed by atoms with Crippen LogP contribution in [0.5, 0.6) is 0 Å². The summed E-state index contributed by atoms with van der Waals surface area (Å²) < 4.78 is 0. The molecule has 1 N–H and O–H groups in total. The molecule has 1 atom stereocenters. The van der Waals surface area contributed by atoms with E-state index in [-0.39, 0.29) is 0 Å². The van der Waals surface area contributed by atoms with Crippen LogP contribution in [0.4, 0.5) is 0 Å². The summed E-state index contributed by atoms with van der Waals surface area (Å²) in [6.07, 6.45) is 1.75. The summed E-state index contributed by atoms with van der Waals surface area (Å²) in [5, 5.41) is 9.85. The number of likely N-dealkylation sites (N-methyl/N-ethyl adjacent to an activating group) is 1. The largest absolute Gasteiger partial charge is 0.390 e. The maximum atomic E-state index is 9.85. The van der Waals surface area contributed by atoms with Crippen molar-refractivity contribution in [2.24, 2.45) is 0 Å². The Hall–Kier alpha value is -0.940. The van der Waals surface area contributed by atoms with Crippen LogP contribution in [-0.4, -0.2) is 77.8 Å². The van der Waals surface area contributed by atoms with Crippen molar-refractivity contribution in [3.8, 4) is 0 Å². The molecule has 1 unspecified atom stereocenters. The number of benzene rings is 1. The van der Waals surface area contributed by atoms with E-state index in [0.29, 0.717) is 6.04 Å². The van der Waals surface area contributed by atoms with Crippen molar-refractivity contribution in [1.82, 2.24) is 14.7 Å². The monoisotopic (exact) mass is 331 g/mol. The van der Waals surface area contributed by atoms with Gasteiger partial charge in [-0.3, -0.25) is 9.80 Å². The first-order valence-electron chi connectivity index (χ1n) is 9.34. The molecular weight excluding hydrogens is 298 g/mol. The SMILES string of the molecule is CN1CCN2CCN(Cc3ccc(CCC(C)(C)O)cc3)CC2C1. The second-order valence-corrected chi connectivity index (χ2v) is 8.32. The van der Waals surface area contributed by atoms with Crippen molar-refractivity contribution in [2.75, 3.05) is 46.3 Å². The normalized spacial score (nSPS) is 24.1. The summed E-state index contributed by atoms with van der Waals surface area (Å²) in [5.74, 6) is 0. The lowest BCUT2D eigenvalue weighted by Crippen LogP contribution is -2.60. The Balaban J connectivity index is 1.51. The predicted molar refractivity (Wildman–Crippen MR) is 99.2 cm³/mol. The zero-order chi connectivity index (χ0) is 17.2. The Morgan fingerprint density at radius 3 is 2.38 bits per heavy atom. The van der Waals surface area contributed by atoms with E-state index in [9.17, 15) is 5.11 Å². The molecule has 2 heterocycles. The quantitative estimate of drug-likeness (QED) is 0.891. The summed E-state index contributed by atoms with van der Waals surface area (Å²) in [6.45, 7) is 12.0. The van der Waals surface area contributed by atoms with Crippen LogP contribution in [0.1, 0.15) is 31.4 Å². The number of rotatable bonds is 5. The zero-order valence-electron chi connectivity index (χ0n) is 15.5. The fraction of sp³-hybridized carbons (Fsp3) is 0.700. The highest BCUT2D eigenvalue weighted by Gasteiger charge is 2.30. The average Bonchev–Trinajstić information content (AvgIpc) is 2.53. The molecule has 134 valence electrons. The van der Waals surface area contributed by atoms with E-state index in [1.54, 1.807) is 0 Å². The molecule has 2 aliphatic heterocycles. The third-order valence-corrected chi connectivity index (χ3v) is 5.43. The van der Waals surface area contributed by atoms with Crippen molar-refractivity contribution >= 4 is 0 Å². The van der Waals surface area contributed by atoms with Crippen molar-refractivity contribution in [3.05, 3.63) is 35.4 Å². The van der Waals surface area contributed by atoms with Gasteiger partial charge in [-0.25, -0.2) is 0 Å². The van der Waals surface area contributed by atoms with Gasteiger partial charge in [-0.15, -0.1) is 0 Å². The van der Waals surface area contributed by atoms with Gasteiger partial charge in [0, 0.05) is 51.9 Å². The Labute approximate surface area is 147 Å². The van der Waals surface area contributed by atoms with E-state index >= 15 is 0 Å². The maximum Gasteiger partial charge on any atom is 0.0594 e. The molecule has 0 amide bonds. The van der Waals surface area contributed by atoms with Crippen LogP contribution in [0.2, 0.25) is 0 Å². The summed E-state index contributed by atoms with van der Waals surface area (Å²) in [5.41, 5.74) is 2.14. The van der Waals surface area contributed by atoms with Crippen LogP contribution >= 0.6 is 0 Å². The van der Waals surface area contributed by atoms with E-state index < -0.39 is 5.60 Å². The van der Waals surface area contributed by atoms with Gasteiger partial charge < -0.3 is 10.0 Å². The minimum atomic E-state index is -0.578. The van der Waals surface area contributed by atoms with Gasteiger partial charge in [-0.1, -0.05) is 24.3 Å². The minimum absolute atomic E-state index is 0.578. The molecule has 0 saturated carbocycles. The van der Waals surface area contributed by atoms with Crippen LogP contribution in [0, 0.1) is 0 Å². The van der Waals surface area contributed by atoms with Gasteiger partial charge in [0.05, 0.1) is 5.60 Å². The van der Waals surface area contributed by atoms with Gasteiger partial charge in [0.25, 0.3) is 0 Å². The van der Waals surface area contributed by atoms with Gasteiger partial charge in [0.1, 0.15) is 0 Å². The molecule has 0 aromatic heterocycles. The second-order valence-electron chi connectivity index (χ2n) is 8.32. The first kappa shape index (κ1) is 17.9. The number of nitrogens with zero attached hydrogens (tertiary/aromatic N) is 3. The van der Waals surface area contributed by atoms with Gasteiger partial charge in [-0.2, -0.15) is 0 Å². The summed E-state index contributed by atoms with van der Waals surface area (Å²) in [7, 11) is 2.24. The number of aryl methyl sites for hydroxylation is 1. The zero-order valence-corrected chi connectivity index (χ0v) is 15.5. The molecule has 4 heteroatoms. The lowest BCUT2D eigenvalue weighted by atomic mass is 9.98. The van der Waals surface area contributed by atoms with Crippen LogP contribution < -0.4 is 0 Å². The topological polar surface area (TPSA) is 30.0 Å². The number of piperazine rings is 2. The van der Waals surface area contributed by atoms with E-state index in [4.69, 9.17) is 0 Å². The van der Waals surface area contributed by atoms with Gasteiger partial charge in [0.15, 0.2) is 0 Å². The third-order valence-electron chi connectivity index (χ3n) is 5.43. The maximum absolute atomic E-state index is 9.85. The summed E-state index contributed by atoms with van der Waals surface area (Å²) in [6, 6.07) is 9.68. The van der Waals surface area contributed by atoms with Crippen molar-refractivity contribution in [2.45, 2.75) is 44.9 Å². The molecule has 2 fully saturated rings. The molecular formula is C20H33N3O. The molecule has 2 saturated heterocycles. The highest BCUT2D eigenvalue weighted by molar-refractivity contribution is 5.23. The van der Waals surface area contributed by atoms with Crippen LogP contribution in [0.3, 0.4) is 0 Å². The molecule has 24 heavy (non-hydrogen) atoms. The Bertz CT molecular complexity index is 523. The first-order valence-corrected chi connectivity index (χ1v) is 9.34. The van der Waals surface area contributed by atoms with Crippen molar-refractivity contribution in [1.29, 1.82) is 0 Å². The van der Waals surface area contributed by atoms with E-state index in [1.807, 2.05) is 13.8 Å². The summed E-state index contributed by atoms with van der Waals surface area (Å²) >= 11 is 0. The van der Waals surface area contributed by atoms with Crippen molar-refractivity contribution < 1.29 is 5.11 Å². The highest BCUT2D eigenvalue weighted by atomic mass is 16.3. The molecule has 3 rings (SSSR count). The number of hydrogen-bond donors (Lipinski definition) is 1. The number of hydrogen-bond acceptors (Lipinski definition) is 4. The molecule has 1 aromatic rings.